The molecule has 1 aliphatic rings. The standard InChI is InChI=1S/C30H45N5O4/c1-8-9-10-25-27(34(21(2)3)29(38)35(22(4)5)28(25)37)33-17-15-32(16-18-33)20-26(36)30(6,7)39-24-13-11-23(19-31)12-14-24/h11-14,21-22,26,36H,8-10,15-18,20H2,1-7H3. The van der Waals surface area contributed by atoms with Crippen LogP contribution in [0, 0.1) is 11.3 Å². The van der Waals surface area contributed by atoms with Gasteiger partial charge < -0.3 is 14.7 Å². The van der Waals surface area contributed by atoms with Crippen LogP contribution in [0.15, 0.2) is 33.9 Å². The van der Waals surface area contributed by atoms with Crippen molar-refractivity contribution in [2.75, 3.05) is 37.6 Å². The number of rotatable bonds is 11. The number of β-amino-alcohol motifs (C(OH)–C–C–N with tert-alkyl or cyclic N) is 1. The molecule has 214 valence electrons. The smallest absolute Gasteiger partial charge is 0.333 e. The van der Waals surface area contributed by atoms with Crippen molar-refractivity contribution in [1.29, 1.82) is 5.26 Å². The van der Waals surface area contributed by atoms with E-state index in [-0.39, 0.29) is 23.3 Å². The fraction of sp³-hybridized carbons (Fsp3) is 0.633. The maximum Gasteiger partial charge on any atom is 0.333 e. The molecule has 0 aliphatic carbocycles. The van der Waals surface area contributed by atoms with Crippen LogP contribution in [-0.4, -0.2) is 63.6 Å². The van der Waals surface area contributed by atoms with Crippen molar-refractivity contribution in [3.8, 4) is 11.8 Å². The molecular formula is C30H45N5O4. The number of aliphatic hydroxyl groups excluding tert-OH is 1. The van der Waals surface area contributed by atoms with Crippen LogP contribution in [0.5, 0.6) is 5.75 Å². The number of aliphatic hydroxyl groups is 1. The summed E-state index contributed by atoms with van der Waals surface area (Å²) in [5.74, 6) is 1.36. The monoisotopic (exact) mass is 539 g/mol. The molecule has 3 rings (SSSR count). The predicted octanol–water partition coefficient (Wildman–Crippen LogP) is 3.73. The highest BCUT2D eigenvalue weighted by molar-refractivity contribution is 5.48. The number of hydrogen-bond acceptors (Lipinski definition) is 7. The van der Waals surface area contributed by atoms with Gasteiger partial charge in [-0.1, -0.05) is 13.3 Å². The summed E-state index contributed by atoms with van der Waals surface area (Å²) < 4.78 is 9.27. The lowest BCUT2D eigenvalue weighted by molar-refractivity contribution is -0.0449. The van der Waals surface area contributed by atoms with Gasteiger partial charge in [0.2, 0.25) is 0 Å². The Hall–Kier alpha value is -3.09. The zero-order valence-corrected chi connectivity index (χ0v) is 24.6. The lowest BCUT2D eigenvalue weighted by atomic mass is 10.0. The Morgan fingerprint density at radius 2 is 1.59 bits per heavy atom. The fourth-order valence-electron chi connectivity index (χ4n) is 5.09. The Morgan fingerprint density at radius 1 is 1.00 bits per heavy atom. The molecule has 1 N–H and O–H groups in total. The van der Waals surface area contributed by atoms with Crippen LogP contribution in [0.25, 0.3) is 0 Å². The summed E-state index contributed by atoms with van der Waals surface area (Å²) in [5, 5.41) is 20.1. The fourth-order valence-corrected chi connectivity index (χ4v) is 5.09. The van der Waals surface area contributed by atoms with E-state index in [9.17, 15) is 14.7 Å². The second-order valence-electron chi connectivity index (χ2n) is 11.6. The first-order valence-corrected chi connectivity index (χ1v) is 14.2. The molecule has 1 atom stereocenters. The molecule has 1 fully saturated rings. The molecule has 1 unspecified atom stereocenters. The lowest BCUT2D eigenvalue weighted by Crippen LogP contribution is -2.55. The molecule has 0 amide bonds. The Bertz CT molecular complexity index is 1260. The summed E-state index contributed by atoms with van der Waals surface area (Å²) in [6, 6.07) is 8.67. The zero-order chi connectivity index (χ0) is 28.9. The largest absolute Gasteiger partial charge is 0.485 e. The van der Waals surface area contributed by atoms with E-state index >= 15 is 0 Å². The summed E-state index contributed by atoms with van der Waals surface area (Å²) in [6.07, 6.45) is 1.75. The maximum atomic E-state index is 13.5. The van der Waals surface area contributed by atoms with Gasteiger partial charge in [0.15, 0.2) is 0 Å². The number of anilines is 1. The maximum absolute atomic E-state index is 13.5. The molecule has 1 saturated heterocycles. The van der Waals surface area contributed by atoms with Gasteiger partial charge in [0.25, 0.3) is 5.56 Å². The quantitative estimate of drug-likeness (QED) is 0.464. The minimum Gasteiger partial charge on any atom is -0.485 e. The van der Waals surface area contributed by atoms with E-state index in [0.717, 1.165) is 24.2 Å². The average molecular weight is 540 g/mol. The molecule has 0 spiro atoms. The highest BCUT2D eigenvalue weighted by Gasteiger charge is 2.34. The van der Waals surface area contributed by atoms with Crippen LogP contribution >= 0.6 is 0 Å². The second-order valence-corrected chi connectivity index (χ2v) is 11.6. The Balaban J connectivity index is 1.78. The third kappa shape index (κ3) is 6.92. The molecule has 1 aliphatic heterocycles. The van der Waals surface area contributed by atoms with Crippen molar-refractivity contribution >= 4 is 5.82 Å². The molecular weight excluding hydrogens is 494 g/mol. The Morgan fingerprint density at radius 3 is 2.10 bits per heavy atom. The molecule has 9 heteroatoms. The molecule has 1 aromatic heterocycles. The predicted molar refractivity (Wildman–Crippen MR) is 155 cm³/mol. The third-order valence-corrected chi connectivity index (χ3v) is 7.47. The van der Waals surface area contributed by atoms with E-state index in [1.54, 1.807) is 28.8 Å². The SMILES string of the molecule is CCCCc1c(N2CCN(CC(O)C(C)(C)Oc3ccc(C#N)cc3)CC2)n(C(C)C)c(=O)n(C(C)C)c1=O. The first-order chi connectivity index (χ1) is 18.4. The Kier molecular flexibility index (Phi) is 10.0. The van der Waals surface area contributed by atoms with Crippen LogP contribution in [-0.2, 0) is 6.42 Å². The van der Waals surface area contributed by atoms with Gasteiger partial charge in [-0.2, -0.15) is 5.26 Å². The minimum absolute atomic E-state index is 0.0847. The molecule has 9 nitrogen and oxygen atoms in total. The van der Waals surface area contributed by atoms with E-state index in [2.05, 4.69) is 22.8 Å². The van der Waals surface area contributed by atoms with Crippen LogP contribution in [0.3, 0.4) is 0 Å². The van der Waals surface area contributed by atoms with Crippen LogP contribution in [0.4, 0.5) is 5.82 Å². The van der Waals surface area contributed by atoms with Crippen molar-refractivity contribution in [2.45, 2.75) is 91.5 Å². The highest BCUT2D eigenvalue weighted by Crippen LogP contribution is 2.26. The van der Waals surface area contributed by atoms with Gasteiger partial charge in [-0.25, -0.2) is 4.79 Å². The number of nitrogens with zero attached hydrogens (tertiary/aromatic N) is 5. The van der Waals surface area contributed by atoms with Crippen LogP contribution in [0.1, 0.15) is 84.5 Å². The van der Waals surface area contributed by atoms with Crippen molar-refractivity contribution < 1.29 is 9.84 Å². The molecule has 1 aromatic carbocycles. The van der Waals surface area contributed by atoms with E-state index in [4.69, 9.17) is 10.00 Å². The van der Waals surface area contributed by atoms with Gasteiger partial charge in [0, 0.05) is 44.8 Å². The third-order valence-electron chi connectivity index (χ3n) is 7.47. The zero-order valence-electron chi connectivity index (χ0n) is 24.6. The topological polar surface area (TPSA) is 104 Å². The number of hydrogen-bond donors (Lipinski definition) is 1. The number of nitriles is 1. The van der Waals surface area contributed by atoms with Crippen molar-refractivity contribution in [3.63, 3.8) is 0 Å². The molecule has 0 saturated carbocycles. The number of benzene rings is 1. The summed E-state index contributed by atoms with van der Waals surface area (Å²) in [6.45, 7) is 16.7. The number of piperazine rings is 1. The summed E-state index contributed by atoms with van der Waals surface area (Å²) in [5.41, 5.74) is 0.0257. The van der Waals surface area contributed by atoms with Crippen molar-refractivity contribution in [2.24, 2.45) is 0 Å². The van der Waals surface area contributed by atoms with Gasteiger partial charge in [0.1, 0.15) is 23.3 Å². The number of ether oxygens (including phenoxy) is 1. The van der Waals surface area contributed by atoms with Crippen LogP contribution < -0.4 is 20.9 Å². The van der Waals surface area contributed by atoms with Crippen LogP contribution in [0.2, 0.25) is 0 Å². The Labute approximate surface area is 232 Å². The molecule has 0 bridgehead atoms. The summed E-state index contributed by atoms with van der Waals surface area (Å²) >= 11 is 0. The molecule has 2 heterocycles. The summed E-state index contributed by atoms with van der Waals surface area (Å²) in [4.78, 5) is 31.4. The van der Waals surface area contributed by atoms with Crippen molar-refractivity contribution in [1.82, 2.24) is 14.0 Å². The first kappa shape index (κ1) is 30.5. The van der Waals surface area contributed by atoms with Crippen molar-refractivity contribution in [3.05, 3.63) is 56.2 Å². The second kappa shape index (κ2) is 12.8. The molecule has 39 heavy (non-hydrogen) atoms. The number of unbranched alkanes of at least 4 members (excludes halogenated alkanes) is 1. The average Bonchev–Trinajstić information content (AvgIpc) is 2.88. The number of aromatic nitrogens is 2. The normalized spacial score (nSPS) is 15.6. The van der Waals surface area contributed by atoms with Gasteiger partial charge in [-0.15, -0.1) is 0 Å². The first-order valence-electron chi connectivity index (χ1n) is 14.2. The highest BCUT2D eigenvalue weighted by atomic mass is 16.5. The van der Waals surface area contributed by atoms with E-state index in [1.165, 1.54) is 4.57 Å². The summed E-state index contributed by atoms with van der Waals surface area (Å²) in [7, 11) is 0. The van der Waals surface area contributed by atoms with Gasteiger partial charge in [0.05, 0.1) is 17.2 Å². The molecule has 2 aromatic rings. The van der Waals surface area contributed by atoms with Gasteiger partial charge >= 0.3 is 5.69 Å². The van der Waals surface area contributed by atoms with E-state index < -0.39 is 11.7 Å². The van der Waals surface area contributed by atoms with Gasteiger partial charge in [-0.05, 0) is 78.6 Å². The van der Waals surface area contributed by atoms with E-state index in [0.29, 0.717) is 50.5 Å². The minimum atomic E-state index is -0.835. The lowest BCUT2D eigenvalue weighted by Gasteiger charge is -2.41. The van der Waals surface area contributed by atoms with Gasteiger partial charge in [-0.3, -0.25) is 18.8 Å². The molecule has 0 radical (unpaired) electrons. The van der Waals surface area contributed by atoms with E-state index in [1.807, 2.05) is 41.5 Å².